The van der Waals surface area contributed by atoms with E-state index in [9.17, 15) is 0 Å². The number of nitrogens with two attached hydrogens (primary N) is 1. The van der Waals surface area contributed by atoms with E-state index in [1.807, 2.05) is 16.9 Å². The van der Waals surface area contributed by atoms with E-state index >= 15 is 0 Å². The summed E-state index contributed by atoms with van der Waals surface area (Å²) in [6.07, 6.45) is 2.84. The van der Waals surface area contributed by atoms with Gasteiger partial charge >= 0.3 is 0 Å². The third-order valence-corrected chi connectivity index (χ3v) is 2.84. The van der Waals surface area contributed by atoms with Crippen molar-refractivity contribution in [2.75, 3.05) is 17.6 Å². The summed E-state index contributed by atoms with van der Waals surface area (Å²) in [5.74, 6) is 0.777. The molecule has 0 atom stereocenters. The van der Waals surface area contributed by atoms with Crippen LogP contribution < -0.4 is 11.1 Å². The Morgan fingerprint density at radius 2 is 2.00 bits per heavy atom. The van der Waals surface area contributed by atoms with E-state index in [4.69, 9.17) is 5.73 Å². The van der Waals surface area contributed by atoms with Crippen molar-refractivity contribution in [3.05, 3.63) is 42.1 Å². The minimum atomic E-state index is 0.331. The van der Waals surface area contributed by atoms with E-state index < -0.39 is 0 Å². The first-order valence-corrected chi connectivity index (χ1v) is 6.29. The van der Waals surface area contributed by atoms with E-state index in [0.29, 0.717) is 11.7 Å². The van der Waals surface area contributed by atoms with Gasteiger partial charge in [0.05, 0.1) is 11.9 Å². The predicted octanol–water partition coefficient (Wildman–Crippen LogP) is 2.70. The van der Waals surface area contributed by atoms with Gasteiger partial charge in [-0.1, -0.05) is 30.3 Å². The number of hydrogen-bond donors (Lipinski definition) is 2. The average molecular weight is 244 g/mol. The van der Waals surface area contributed by atoms with Crippen molar-refractivity contribution in [1.82, 2.24) is 9.78 Å². The molecule has 0 spiro atoms. The Balaban J connectivity index is 1.90. The summed E-state index contributed by atoms with van der Waals surface area (Å²) in [6, 6.07) is 10.7. The maximum Gasteiger partial charge on any atom is 0.171 e. The fourth-order valence-corrected chi connectivity index (χ4v) is 1.78. The highest BCUT2D eigenvalue weighted by Gasteiger charge is 2.07. The van der Waals surface area contributed by atoms with Crippen LogP contribution in [0.2, 0.25) is 0 Å². The molecule has 18 heavy (non-hydrogen) atoms. The lowest BCUT2D eigenvalue weighted by Crippen LogP contribution is -2.08. The second kappa shape index (κ2) is 5.58. The van der Waals surface area contributed by atoms with Gasteiger partial charge in [-0.25, -0.2) is 0 Å². The zero-order valence-electron chi connectivity index (χ0n) is 10.9. The standard InChI is InChI=1S/C14H20N4/c1-11(2)18-10-13(15)14(17-18)16-9-8-12-6-4-3-5-7-12/h3-7,10-11H,8-9,15H2,1-2H3,(H,16,17). The molecule has 2 aromatic rings. The van der Waals surface area contributed by atoms with Crippen molar-refractivity contribution >= 4 is 11.5 Å². The summed E-state index contributed by atoms with van der Waals surface area (Å²) in [5.41, 5.74) is 7.93. The van der Waals surface area contributed by atoms with Crippen LogP contribution in [0.25, 0.3) is 0 Å². The molecule has 1 heterocycles. The van der Waals surface area contributed by atoms with Crippen LogP contribution >= 0.6 is 0 Å². The van der Waals surface area contributed by atoms with Gasteiger partial charge in [-0.05, 0) is 25.8 Å². The summed E-state index contributed by atoms with van der Waals surface area (Å²) in [6.45, 7) is 5.00. The molecule has 3 N–H and O–H groups in total. The SMILES string of the molecule is CC(C)n1cc(N)c(NCCc2ccccc2)n1. The van der Waals surface area contributed by atoms with Crippen LogP contribution in [-0.2, 0) is 6.42 Å². The third-order valence-electron chi connectivity index (χ3n) is 2.84. The number of hydrogen-bond acceptors (Lipinski definition) is 3. The molecule has 0 fully saturated rings. The summed E-state index contributed by atoms with van der Waals surface area (Å²) in [5, 5.41) is 7.70. The molecule has 0 aliphatic rings. The first-order chi connectivity index (χ1) is 8.66. The highest BCUT2D eigenvalue weighted by atomic mass is 15.3. The van der Waals surface area contributed by atoms with Crippen LogP contribution in [0.4, 0.5) is 11.5 Å². The van der Waals surface area contributed by atoms with Crippen molar-refractivity contribution in [2.24, 2.45) is 0 Å². The van der Waals surface area contributed by atoms with Gasteiger partial charge in [0, 0.05) is 12.6 Å². The van der Waals surface area contributed by atoms with Crippen molar-refractivity contribution in [2.45, 2.75) is 26.3 Å². The van der Waals surface area contributed by atoms with Crippen molar-refractivity contribution < 1.29 is 0 Å². The zero-order chi connectivity index (χ0) is 13.0. The first kappa shape index (κ1) is 12.5. The quantitative estimate of drug-likeness (QED) is 0.850. The molecule has 0 bridgehead atoms. The second-order valence-corrected chi connectivity index (χ2v) is 4.67. The Bertz CT molecular complexity index is 488. The van der Waals surface area contributed by atoms with Gasteiger partial charge in [0.2, 0.25) is 0 Å². The van der Waals surface area contributed by atoms with Gasteiger partial charge in [0.25, 0.3) is 0 Å². The third kappa shape index (κ3) is 3.03. The van der Waals surface area contributed by atoms with E-state index in [2.05, 4.69) is 48.5 Å². The Morgan fingerprint density at radius 3 is 2.61 bits per heavy atom. The molecule has 0 unspecified atom stereocenters. The topological polar surface area (TPSA) is 55.9 Å². The molecule has 0 radical (unpaired) electrons. The molecular formula is C14H20N4. The van der Waals surface area contributed by atoms with Crippen LogP contribution in [-0.4, -0.2) is 16.3 Å². The Kier molecular flexibility index (Phi) is 3.87. The van der Waals surface area contributed by atoms with Gasteiger partial charge in [0.1, 0.15) is 0 Å². The number of anilines is 2. The number of aromatic nitrogens is 2. The molecule has 0 aliphatic heterocycles. The number of rotatable bonds is 5. The molecule has 1 aromatic heterocycles. The normalized spacial score (nSPS) is 10.8. The summed E-state index contributed by atoms with van der Waals surface area (Å²) in [4.78, 5) is 0. The van der Waals surface area contributed by atoms with Crippen molar-refractivity contribution in [1.29, 1.82) is 0 Å². The number of nitrogen functional groups attached to an aromatic ring is 1. The lowest BCUT2D eigenvalue weighted by molar-refractivity contribution is 0.534. The number of nitrogens with zero attached hydrogens (tertiary/aromatic N) is 2. The molecule has 0 aliphatic carbocycles. The Hall–Kier alpha value is -1.97. The van der Waals surface area contributed by atoms with Crippen LogP contribution in [0.3, 0.4) is 0 Å². The highest BCUT2D eigenvalue weighted by Crippen LogP contribution is 2.18. The maximum absolute atomic E-state index is 5.91. The second-order valence-electron chi connectivity index (χ2n) is 4.67. The fraction of sp³-hybridized carbons (Fsp3) is 0.357. The van der Waals surface area contributed by atoms with Crippen LogP contribution in [0.15, 0.2) is 36.5 Å². The molecular weight excluding hydrogens is 224 g/mol. The number of nitrogens with one attached hydrogen (secondary N) is 1. The minimum Gasteiger partial charge on any atom is -0.394 e. The van der Waals surface area contributed by atoms with Gasteiger partial charge in [0.15, 0.2) is 5.82 Å². The highest BCUT2D eigenvalue weighted by molar-refractivity contribution is 5.59. The van der Waals surface area contributed by atoms with Gasteiger partial charge in [-0.3, -0.25) is 4.68 Å². The van der Waals surface area contributed by atoms with Crippen LogP contribution in [0.1, 0.15) is 25.5 Å². The lowest BCUT2D eigenvalue weighted by Gasteiger charge is -2.05. The maximum atomic E-state index is 5.91. The Labute approximate surface area is 108 Å². The monoisotopic (exact) mass is 244 g/mol. The molecule has 4 nitrogen and oxygen atoms in total. The summed E-state index contributed by atoms with van der Waals surface area (Å²) >= 11 is 0. The predicted molar refractivity (Wildman–Crippen MR) is 75.7 cm³/mol. The zero-order valence-corrected chi connectivity index (χ0v) is 10.9. The van der Waals surface area contributed by atoms with Crippen LogP contribution in [0, 0.1) is 0 Å². The molecule has 0 saturated heterocycles. The average Bonchev–Trinajstić information content (AvgIpc) is 2.73. The molecule has 0 saturated carbocycles. The summed E-state index contributed by atoms with van der Waals surface area (Å²) in [7, 11) is 0. The van der Waals surface area contributed by atoms with Crippen molar-refractivity contribution in [3.63, 3.8) is 0 Å². The van der Waals surface area contributed by atoms with Gasteiger partial charge in [-0.2, -0.15) is 5.10 Å². The molecule has 2 rings (SSSR count). The van der Waals surface area contributed by atoms with Gasteiger partial charge < -0.3 is 11.1 Å². The Morgan fingerprint density at radius 1 is 1.28 bits per heavy atom. The van der Waals surface area contributed by atoms with E-state index in [-0.39, 0.29) is 0 Å². The molecule has 4 heteroatoms. The molecule has 0 amide bonds. The summed E-state index contributed by atoms with van der Waals surface area (Å²) < 4.78 is 1.88. The molecule has 1 aromatic carbocycles. The smallest absolute Gasteiger partial charge is 0.171 e. The van der Waals surface area contributed by atoms with E-state index in [1.165, 1.54) is 5.56 Å². The van der Waals surface area contributed by atoms with Crippen molar-refractivity contribution in [3.8, 4) is 0 Å². The minimum absolute atomic E-state index is 0.331. The van der Waals surface area contributed by atoms with E-state index in [1.54, 1.807) is 0 Å². The number of benzene rings is 1. The molecule has 96 valence electrons. The first-order valence-electron chi connectivity index (χ1n) is 6.29. The van der Waals surface area contributed by atoms with E-state index in [0.717, 1.165) is 18.8 Å². The lowest BCUT2D eigenvalue weighted by atomic mass is 10.1. The van der Waals surface area contributed by atoms with Gasteiger partial charge in [-0.15, -0.1) is 0 Å². The largest absolute Gasteiger partial charge is 0.394 e. The van der Waals surface area contributed by atoms with Crippen LogP contribution in [0.5, 0.6) is 0 Å². The fourth-order valence-electron chi connectivity index (χ4n) is 1.78.